The Morgan fingerprint density at radius 3 is 2.78 bits per heavy atom. The number of hydrogen-bond acceptors (Lipinski definition) is 5. The summed E-state index contributed by atoms with van der Waals surface area (Å²) in [6.07, 6.45) is 4.91. The third-order valence-corrected chi connectivity index (χ3v) is 3.35. The second-order valence-corrected chi connectivity index (χ2v) is 4.98. The Bertz CT molecular complexity index is 786. The highest BCUT2D eigenvalue weighted by Crippen LogP contribution is 2.15. The summed E-state index contributed by atoms with van der Waals surface area (Å²) in [5.41, 5.74) is 2.05. The maximum Gasteiger partial charge on any atom is 0.254 e. The van der Waals surface area contributed by atoms with E-state index in [4.69, 9.17) is 0 Å². The third kappa shape index (κ3) is 3.57. The summed E-state index contributed by atoms with van der Waals surface area (Å²) in [4.78, 5) is 20.9. The molecule has 0 fully saturated rings. The first-order valence-corrected chi connectivity index (χ1v) is 7.25. The van der Waals surface area contributed by atoms with Gasteiger partial charge in [0, 0.05) is 24.5 Å². The minimum Gasteiger partial charge on any atom is -0.350 e. The molecule has 0 saturated heterocycles. The molecule has 0 bridgehead atoms. The van der Waals surface area contributed by atoms with Gasteiger partial charge in [0.25, 0.3) is 5.91 Å². The summed E-state index contributed by atoms with van der Waals surface area (Å²) in [5.74, 6) is 0.421. The summed E-state index contributed by atoms with van der Waals surface area (Å²) in [6.45, 7) is 2.83. The van der Waals surface area contributed by atoms with Gasteiger partial charge in [0.05, 0.1) is 24.0 Å². The average molecular weight is 308 g/mol. The lowest BCUT2D eigenvalue weighted by Crippen LogP contribution is -2.28. The van der Waals surface area contributed by atoms with Gasteiger partial charge in [-0.25, -0.2) is 9.97 Å². The highest BCUT2D eigenvalue weighted by atomic mass is 16.1. The Labute approximate surface area is 133 Å². The van der Waals surface area contributed by atoms with Crippen LogP contribution >= 0.6 is 0 Å². The van der Waals surface area contributed by atoms with Gasteiger partial charge in [-0.2, -0.15) is 0 Å². The molecule has 0 aliphatic heterocycles. The topological polar surface area (TPSA) is 85.6 Å². The maximum absolute atomic E-state index is 12.2. The van der Waals surface area contributed by atoms with Crippen molar-refractivity contribution in [2.45, 2.75) is 13.5 Å². The molecule has 0 aliphatic rings. The van der Waals surface area contributed by atoms with Gasteiger partial charge in [-0.15, -0.1) is 5.10 Å². The van der Waals surface area contributed by atoms with Crippen LogP contribution in [0.1, 0.15) is 16.1 Å². The number of benzene rings is 1. The molecular formula is C16H16N6O. The second-order valence-electron chi connectivity index (χ2n) is 4.98. The van der Waals surface area contributed by atoms with Gasteiger partial charge < -0.3 is 5.32 Å². The van der Waals surface area contributed by atoms with Crippen LogP contribution in [0.5, 0.6) is 0 Å². The summed E-state index contributed by atoms with van der Waals surface area (Å²) >= 11 is 0. The van der Waals surface area contributed by atoms with Crippen molar-refractivity contribution >= 4 is 5.91 Å². The van der Waals surface area contributed by atoms with Crippen LogP contribution in [-0.4, -0.2) is 37.4 Å². The predicted octanol–water partition coefficient (Wildman–Crippen LogP) is 1.47. The lowest BCUT2D eigenvalue weighted by molar-refractivity contribution is 0.0950. The Morgan fingerprint density at radius 2 is 2.09 bits per heavy atom. The van der Waals surface area contributed by atoms with Gasteiger partial charge in [-0.05, 0) is 6.92 Å². The third-order valence-electron chi connectivity index (χ3n) is 3.35. The van der Waals surface area contributed by atoms with Gasteiger partial charge in [0.2, 0.25) is 0 Å². The number of carbonyl (C=O) groups excluding carboxylic acids is 1. The maximum atomic E-state index is 12.2. The molecule has 1 amide bonds. The molecule has 0 radical (unpaired) electrons. The molecule has 7 heteroatoms. The molecular weight excluding hydrogens is 292 g/mol. The predicted molar refractivity (Wildman–Crippen MR) is 84.6 cm³/mol. The lowest BCUT2D eigenvalue weighted by atomic mass is 10.2. The average Bonchev–Trinajstić information content (AvgIpc) is 3.09. The van der Waals surface area contributed by atoms with E-state index in [-0.39, 0.29) is 5.91 Å². The number of carbonyl (C=O) groups is 1. The fourth-order valence-electron chi connectivity index (χ4n) is 2.15. The van der Waals surface area contributed by atoms with E-state index in [9.17, 15) is 4.79 Å². The fraction of sp³-hybridized carbons (Fsp3) is 0.188. The molecule has 2 aromatic heterocycles. The molecule has 0 aliphatic carbocycles. The SMILES string of the molecule is Cc1nc(-c2ccccc2)ncc1C(=O)NCCn1ccnn1. The van der Waals surface area contributed by atoms with Crippen molar-refractivity contribution in [1.82, 2.24) is 30.3 Å². The Hall–Kier alpha value is -3.09. The molecule has 0 saturated carbocycles. The molecule has 0 unspecified atom stereocenters. The van der Waals surface area contributed by atoms with Gasteiger partial charge in [0.15, 0.2) is 5.82 Å². The number of nitrogens with zero attached hydrogens (tertiary/aromatic N) is 5. The van der Waals surface area contributed by atoms with Crippen molar-refractivity contribution < 1.29 is 4.79 Å². The summed E-state index contributed by atoms with van der Waals surface area (Å²) in [6, 6.07) is 9.67. The first-order valence-electron chi connectivity index (χ1n) is 7.25. The highest BCUT2D eigenvalue weighted by Gasteiger charge is 2.12. The monoisotopic (exact) mass is 308 g/mol. The van der Waals surface area contributed by atoms with Crippen LogP contribution in [0, 0.1) is 6.92 Å². The molecule has 0 spiro atoms. The van der Waals surface area contributed by atoms with Crippen molar-refractivity contribution in [1.29, 1.82) is 0 Å². The van der Waals surface area contributed by atoms with E-state index in [1.165, 1.54) is 0 Å². The molecule has 3 rings (SSSR count). The molecule has 0 atom stereocenters. The van der Waals surface area contributed by atoms with Crippen LogP contribution < -0.4 is 5.32 Å². The van der Waals surface area contributed by atoms with Gasteiger partial charge >= 0.3 is 0 Å². The molecule has 1 N–H and O–H groups in total. The summed E-state index contributed by atoms with van der Waals surface area (Å²) in [7, 11) is 0. The first kappa shape index (κ1) is 14.8. The molecule has 1 aromatic carbocycles. The minimum atomic E-state index is -0.192. The van der Waals surface area contributed by atoms with E-state index in [0.29, 0.717) is 30.2 Å². The number of rotatable bonds is 5. The van der Waals surface area contributed by atoms with Crippen LogP contribution in [0.4, 0.5) is 0 Å². The summed E-state index contributed by atoms with van der Waals surface area (Å²) < 4.78 is 1.65. The number of aryl methyl sites for hydroxylation is 1. The molecule has 7 nitrogen and oxygen atoms in total. The van der Waals surface area contributed by atoms with E-state index in [0.717, 1.165) is 5.56 Å². The van der Waals surface area contributed by atoms with E-state index >= 15 is 0 Å². The van der Waals surface area contributed by atoms with Crippen molar-refractivity contribution in [3.05, 3.63) is 60.2 Å². The lowest BCUT2D eigenvalue weighted by Gasteiger charge is -2.08. The van der Waals surface area contributed by atoms with Crippen molar-refractivity contribution in [3.8, 4) is 11.4 Å². The van der Waals surface area contributed by atoms with Crippen LogP contribution in [0.3, 0.4) is 0 Å². The van der Waals surface area contributed by atoms with Crippen LogP contribution in [0.15, 0.2) is 48.9 Å². The number of nitrogens with one attached hydrogen (secondary N) is 1. The fourth-order valence-corrected chi connectivity index (χ4v) is 2.15. The number of amides is 1. The largest absolute Gasteiger partial charge is 0.350 e. The number of aromatic nitrogens is 5. The standard InChI is InChI=1S/C16H16N6O/c1-12-14(16(23)17-7-9-22-10-8-19-21-22)11-18-15(20-12)13-5-3-2-4-6-13/h2-6,8,10-11H,7,9H2,1H3,(H,17,23). The van der Waals surface area contributed by atoms with Crippen LogP contribution in [0.2, 0.25) is 0 Å². The highest BCUT2D eigenvalue weighted by molar-refractivity contribution is 5.95. The molecule has 3 aromatic rings. The Kier molecular flexibility index (Phi) is 4.37. The second kappa shape index (κ2) is 6.78. The van der Waals surface area contributed by atoms with Crippen molar-refractivity contribution in [2.75, 3.05) is 6.54 Å². The zero-order valence-corrected chi connectivity index (χ0v) is 12.7. The van der Waals surface area contributed by atoms with Gasteiger partial charge in [-0.1, -0.05) is 35.5 Å². The number of hydrogen-bond donors (Lipinski definition) is 1. The Balaban J connectivity index is 1.66. The first-order chi connectivity index (χ1) is 11.2. The van der Waals surface area contributed by atoms with Crippen molar-refractivity contribution in [2.24, 2.45) is 0 Å². The van der Waals surface area contributed by atoms with E-state index < -0.39 is 0 Å². The normalized spacial score (nSPS) is 10.5. The van der Waals surface area contributed by atoms with Gasteiger partial charge in [0.1, 0.15) is 0 Å². The van der Waals surface area contributed by atoms with E-state index in [2.05, 4.69) is 25.6 Å². The molecule has 116 valence electrons. The van der Waals surface area contributed by atoms with Crippen LogP contribution in [0.25, 0.3) is 11.4 Å². The van der Waals surface area contributed by atoms with Gasteiger partial charge in [-0.3, -0.25) is 9.48 Å². The quantitative estimate of drug-likeness (QED) is 0.771. The minimum absolute atomic E-state index is 0.192. The van der Waals surface area contributed by atoms with Crippen molar-refractivity contribution in [3.63, 3.8) is 0 Å². The van der Waals surface area contributed by atoms with E-state index in [1.807, 2.05) is 30.3 Å². The van der Waals surface area contributed by atoms with E-state index in [1.54, 1.807) is 30.2 Å². The smallest absolute Gasteiger partial charge is 0.254 e. The Morgan fingerprint density at radius 1 is 1.26 bits per heavy atom. The zero-order chi connectivity index (χ0) is 16.1. The molecule has 2 heterocycles. The summed E-state index contributed by atoms with van der Waals surface area (Å²) in [5, 5.41) is 10.4. The zero-order valence-electron chi connectivity index (χ0n) is 12.7. The molecule has 23 heavy (non-hydrogen) atoms. The van der Waals surface area contributed by atoms with Crippen LogP contribution in [-0.2, 0) is 6.54 Å².